The highest BCUT2D eigenvalue weighted by atomic mass is 32.2. The molecule has 3 aromatic rings. The van der Waals surface area contributed by atoms with E-state index in [0.717, 1.165) is 5.76 Å². The van der Waals surface area contributed by atoms with Crippen LogP contribution in [0.5, 0.6) is 0 Å². The fourth-order valence-corrected chi connectivity index (χ4v) is 2.93. The van der Waals surface area contributed by atoms with Gasteiger partial charge in [-0.15, -0.1) is 10.2 Å². The third-order valence-corrected chi connectivity index (χ3v) is 4.10. The molecular weight excluding hydrogens is 328 g/mol. The molecule has 0 aliphatic carbocycles. The number of furan rings is 2. The number of hydrogen-bond donors (Lipinski definition) is 1. The third kappa shape index (κ3) is 3.88. The maximum absolute atomic E-state index is 11.9. The molecule has 0 radical (unpaired) electrons. The predicted molar refractivity (Wildman–Crippen MR) is 89.5 cm³/mol. The van der Waals surface area contributed by atoms with Crippen LogP contribution in [0.4, 0.5) is 0 Å². The van der Waals surface area contributed by atoms with Gasteiger partial charge in [-0.05, 0) is 38.1 Å². The van der Waals surface area contributed by atoms with Gasteiger partial charge in [-0.1, -0.05) is 11.8 Å². The Labute approximate surface area is 143 Å². The summed E-state index contributed by atoms with van der Waals surface area (Å²) in [6.45, 7) is 4.32. The lowest BCUT2D eigenvalue weighted by Gasteiger charge is -2.09. The Kier molecular flexibility index (Phi) is 5.05. The Morgan fingerprint density at radius 2 is 2.04 bits per heavy atom. The van der Waals surface area contributed by atoms with Crippen LogP contribution in [0.2, 0.25) is 0 Å². The van der Waals surface area contributed by atoms with E-state index >= 15 is 0 Å². The Hall–Kier alpha value is -2.48. The maximum Gasteiger partial charge on any atom is 0.230 e. The molecule has 0 unspecified atom stereocenters. The molecule has 126 valence electrons. The Morgan fingerprint density at radius 3 is 2.71 bits per heavy atom. The Bertz CT molecular complexity index is 778. The zero-order valence-electron chi connectivity index (χ0n) is 13.4. The van der Waals surface area contributed by atoms with Crippen molar-refractivity contribution < 1.29 is 13.6 Å². The average molecular weight is 346 g/mol. The molecule has 0 atom stereocenters. The van der Waals surface area contributed by atoms with Crippen molar-refractivity contribution in [2.75, 3.05) is 5.75 Å². The van der Waals surface area contributed by atoms with Gasteiger partial charge in [0, 0.05) is 6.04 Å². The first kappa shape index (κ1) is 16.4. The monoisotopic (exact) mass is 346 g/mol. The van der Waals surface area contributed by atoms with E-state index in [-0.39, 0.29) is 17.7 Å². The van der Waals surface area contributed by atoms with Gasteiger partial charge in [-0.2, -0.15) is 0 Å². The number of aromatic nitrogens is 3. The summed E-state index contributed by atoms with van der Waals surface area (Å²) in [5, 5.41) is 11.9. The Morgan fingerprint density at radius 1 is 1.25 bits per heavy atom. The summed E-state index contributed by atoms with van der Waals surface area (Å²) in [5.41, 5.74) is 0. The largest absolute Gasteiger partial charge is 0.467 e. The number of thioether (sulfide) groups is 1. The van der Waals surface area contributed by atoms with Crippen LogP contribution in [-0.2, 0) is 11.3 Å². The number of amides is 1. The summed E-state index contributed by atoms with van der Waals surface area (Å²) in [4.78, 5) is 11.9. The fraction of sp³-hybridized carbons (Fsp3) is 0.312. The van der Waals surface area contributed by atoms with Crippen molar-refractivity contribution in [3.8, 4) is 11.6 Å². The molecular formula is C16H18N4O3S. The summed E-state index contributed by atoms with van der Waals surface area (Å²) in [5.74, 6) is 2.22. The van der Waals surface area contributed by atoms with Crippen LogP contribution in [0, 0.1) is 0 Å². The number of rotatable bonds is 7. The molecule has 3 aromatic heterocycles. The van der Waals surface area contributed by atoms with Crippen molar-refractivity contribution in [1.82, 2.24) is 20.1 Å². The summed E-state index contributed by atoms with van der Waals surface area (Å²) >= 11 is 1.33. The zero-order valence-corrected chi connectivity index (χ0v) is 14.2. The molecule has 24 heavy (non-hydrogen) atoms. The number of hydrogen-bond acceptors (Lipinski definition) is 6. The molecule has 0 fully saturated rings. The van der Waals surface area contributed by atoms with Crippen LogP contribution >= 0.6 is 11.8 Å². The van der Waals surface area contributed by atoms with E-state index in [0.29, 0.717) is 23.3 Å². The van der Waals surface area contributed by atoms with E-state index in [1.165, 1.54) is 11.8 Å². The minimum absolute atomic E-state index is 0.0397. The molecule has 0 aliphatic heterocycles. The second-order valence-corrected chi connectivity index (χ2v) is 6.40. The molecule has 0 spiro atoms. The van der Waals surface area contributed by atoms with E-state index in [4.69, 9.17) is 8.83 Å². The number of carbonyl (C=O) groups is 1. The summed E-state index contributed by atoms with van der Waals surface area (Å²) < 4.78 is 12.7. The lowest BCUT2D eigenvalue weighted by atomic mass is 10.4. The lowest BCUT2D eigenvalue weighted by molar-refractivity contribution is -0.119. The van der Waals surface area contributed by atoms with E-state index in [1.54, 1.807) is 18.6 Å². The minimum Gasteiger partial charge on any atom is -0.467 e. The van der Waals surface area contributed by atoms with Gasteiger partial charge in [0.15, 0.2) is 10.9 Å². The van der Waals surface area contributed by atoms with E-state index in [2.05, 4.69) is 15.5 Å². The van der Waals surface area contributed by atoms with Gasteiger partial charge in [0.1, 0.15) is 5.76 Å². The van der Waals surface area contributed by atoms with Crippen LogP contribution < -0.4 is 5.32 Å². The topological polar surface area (TPSA) is 86.1 Å². The highest BCUT2D eigenvalue weighted by molar-refractivity contribution is 7.99. The van der Waals surface area contributed by atoms with E-state index in [1.807, 2.05) is 36.6 Å². The van der Waals surface area contributed by atoms with Crippen LogP contribution in [0.25, 0.3) is 11.6 Å². The van der Waals surface area contributed by atoms with Crippen molar-refractivity contribution >= 4 is 17.7 Å². The molecule has 3 heterocycles. The second kappa shape index (κ2) is 7.39. The van der Waals surface area contributed by atoms with Crippen molar-refractivity contribution in [3.63, 3.8) is 0 Å². The summed E-state index contributed by atoms with van der Waals surface area (Å²) in [6, 6.07) is 7.44. The molecule has 7 nitrogen and oxygen atoms in total. The number of carbonyl (C=O) groups excluding carboxylic acids is 1. The van der Waals surface area contributed by atoms with Gasteiger partial charge in [-0.25, -0.2) is 0 Å². The lowest BCUT2D eigenvalue weighted by Crippen LogP contribution is -2.31. The molecule has 0 saturated carbocycles. The van der Waals surface area contributed by atoms with Crippen LogP contribution in [0.15, 0.2) is 50.8 Å². The van der Waals surface area contributed by atoms with Crippen LogP contribution in [0.1, 0.15) is 19.6 Å². The molecule has 8 heteroatoms. The minimum atomic E-state index is -0.0397. The van der Waals surface area contributed by atoms with Crippen molar-refractivity contribution in [1.29, 1.82) is 0 Å². The van der Waals surface area contributed by atoms with Gasteiger partial charge < -0.3 is 14.2 Å². The van der Waals surface area contributed by atoms with Crippen molar-refractivity contribution in [2.45, 2.75) is 31.6 Å². The normalized spacial score (nSPS) is 11.1. The summed E-state index contributed by atoms with van der Waals surface area (Å²) in [6.07, 6.45) is 3.21. The first-order valence-corrected chi connectivity index (χ1v) is 8.53. The smallest absolute Gasteiger partial charge is 0.230 e. The summed E-state index contributed by atoms with van der Waals surface area (Å²) in [7, 11) is 0. The predicted octanol–water partition coefficient (Wildman–Crippen LogP) is 2.80. The molecule has 3 rings (SSSR count). The first-order valence-electron chi connectivity index (χ1n) is 7.55. The average Bonchev–Trinajstić information content (AvgIpc) is 3.27. The standard InChI is InChI=1S/C16H18N4O3S/c1-11(2)17-14(21)10-24-16-19-18-15(13-6-4-8-23-13)20(16)9-12-5-3-7-22-12/h3-8,11H,9-10H2,1-2H3,(H,17,21). The fourth-order valence-electron chi connectivity index (χ4n) is 2.18. The van der Waals surface area contributed by atoms with Gasteiger partial charge in [0.2, 0.25) is 11.7 Å². The second-order valence-electron chi connectivity index (χ2n) is 5.46. The quantitative estimate of drug-likeness (QED) is 0.662. The highest BCUT2D eigenvalue weighted by Gasteiger charge is 2.18. The number of nitrogens with zero attached hydrogens (tertiary/aromatic N) is 3. The zero-order chi connectivity index (χ0) is 16.9. The van der Waals surface area contributed by atoms with E-state index in [9.17, 15) is 4.79 Å². The third-order valence-electron chi connectivity index (χ3n) is 3.13. The molecule has 0 bridgehead atoms. The molecule has 0 aromatic carbocycles. The Balaban J connectivity index is 1.81. The maximum atomic E-state index is 11.9. The SMILES string of the molecule is CC(C)NC(=O)CSc1nnc(-c2ccco2)n1Cc1ccco1. The van der Waals surface area contributed by atoms with Gasteiger partial charge in [-0.3, -0.25) is 9.36 Å². The van der Waals surface area contributed by atoms with Gasteiger partial charge in [0.05, 0.1) is 24.8 Å². The molecule has 0 aliphatic rings. The van der Waals surface area contributed by atoms with Crippen molar-refractivity contribution in [2.24, 2.45) is 0 Å². The molecule has 0 saturated heterocycles. The van der Waals surface area contributed by atoms with Crippen LogP contribution in [0.3, 0.4) is 0 Å². The van der Waals surface area contributed by atoms with Crippen LogP contribution in [-0.4, -0.2) is 32.5 Å². The van der Waals surface area contributed by atoms with E-state index < -0.39 is 0 Å². The highest BCUT2D eigenvalue weighted by Crippen LogP contribution is 2.25. The molecule has 1 amide bonds. The van der Waals surface area contributed by atoms with Gasteiger partial charge in [0.25, 0.3) is 0 Å². The first-order chi connectivity index (χ1) is 11.6. The van der Waals surface area contributed by atoms with Gasteiger partial charge >= 0.3 is 0 Å². The number of nitrogens with one attached hydrogen (secondary N) is 1. The van der Waals surface area contributed by atoms with Crippen molar-refractivity contribution in [3.05, 3.63) is 42.6 Å². The molecule has 1 N–H and O–H groups in total.